The molecule has 0 radical (unpaired) electrons. The first kappa shape index (κ1) is 16.9. The van der Waals surface area contributed by atoms with Crippen molar-refractivity contribution in [1.29, 1.82) is 0 Å². The topological polar surface area (TPSA) is 25.2 Å². The molecule has 5 aromatic carbocycles. The highest BCUT2D eigenvalue weighted by atomic mass is 16.3. The first-order valence-corrected chi connectivity index (χ1v) is 10.1. The molecule has 0 unspecified atom stereocenters. The van der Waals surface area contributed by atoms with Gasteiger partial charge in [-0.25, -0.2) is 0 Å². The van der Waals surface area contributed by atoms with Crippen molar-refractivity contribution in [1.82, 2.24) is 0 Å². The third-order valence-corrected chi connectivity index (χ3v) is 5.63. The minimum absolute atomic E-state index is 0.886. The molecule has 0 amide bonds. The van der Waals surface area contributed by atoms with Crippen LogP contribution in [0.4, 0.5) is 11.4 Å². The first-order valence-electron chi connectivity index (χ1n) is 10.1. The Morgan fingerprint density at radius 2 is 1.33 bits per heavy atom. The highest BCUT2D eigenvalue weighted by molar-refractivity contribution is 6.09. The lowest BCUT2D eigenvalue weighted by atomic mass is 10.0. The maximum atomic E-state index is 6.16. The second-order valence-electron chi connectivity index (χ2n) is 7.55. The molecule has 2 heteroatoms. The van der Waals surface area contributed by atoms with Gasteiger partial charge in [-0.05, 0) is 52.2 Å². The zero-order valence-electron chi connectivity index (χ0n) is 16.3. The lowest BCUT2D eigenvalue weighted by Gasteiger charge is -2.09. The third kappa shape index (κ3) is 2.82. The van der Waals surface area contributed by atoms with Crippen LogP contribution in [0.5, 0.6) is 0 Å². The molecule has 0 saturated heterocycles. The molecule has 142 valence electrons. The van der Waals surface area contributed by atoms with Crippen LogP contribution in [-0.2, 0) is 0 Å². The van der Waals surface area contributed by atoms with Crippen molar-refractivity contribution in [2.75, 3.05) is 5.32 Å². The molecular formula is C28H19NO. The number of hydrogen-bond donors (Lipinski definition) is 1. The minimum Gasteiger partial charge on any atom is -0.454 e. The van der Waals surface area contributed by atoms with E-state index in [-0.39, 0.29) is 0 Å². The normalized spacial score (nSPS) is 11.3. The third-order valence-electron chi connectivity index (χ3n) is 5.63. The van der Waals surface area contributed by atoms with Crippen LogP contribution in [0.2, 0.25) is 0 Å². The Kier molecular flexibility index (Phi) is 3.82. The van der Waals surface area contributed by atoms with Crippen LogP contribution in [0.3, 0.4) is 0 Å². The van der Waals surface area contributed by atoms with Crippen LogP contribution in [-0.4, -0.2) is 0 Å². The lowest BCUT2D eigenvalue weighted by Crippen LogP contribution is -1.90. The van der Waals surface area contributed by atoms with Crippen LogP contribution in [0.25, 0.3) is 43.8 Å². The van der Waals surface area contributed by atoms with E-state index in [1.807, 2.05) is 24.3 Å². The molecule has 1 aromatic heterocycles. The molecule has 0 aliphatic heterocycles. The summed E-state index contributed by atoms with van der Waals surface area (Å²) >= 11 is 0. The molecule has 6 rings (SSSR count). The van der Waals surface area contributed by atoms with Crippen molar-refractivity contribution < 1.29 is 4.42 Å². The molecule has 1 N–H and O–H groups in total. The van der Waals surface area contributed by atoms with E-state index in [9.17, 15) is 0 Å². The number of hydrogen-bond acceptors (Lipinski definition) is 2. The average molecular weight is 385 g/mol. The van der Waals surface area contributed by atoms with Crippen molar-refractivity contribution in [3.63, 3.8) is 0 Å². The number of rotatable bonds is 3. The molecule has 0 aliphatic rings. The van der Waals surface area contributed by atoms with Gasteiger partial charge in [-0.1, -0.05) is 78.9 Å². The van der Waals surface area contributed by atoms with Crippen molar-refractivity contribution >= 4 is 44.1 Å². The van der Waals surface area contributed by atoms with E-state index in [0.29, 0.717) is 0 Å². The van der Waals surface area contributed by atoms with Crippen molar-refractivity contribution in [2.45, 2.75) is 0 Å². The summed E-state index contributed by atoms with van der Waals surface area (Å²) in [5.74, 6) is 0. The molecule has 0 fully saturated rings. The van der Waals surface area contributed by atoms with E-state index in [1.165, 1.54) is 21.9 Å². The zero-order valence-corrected chi connectivity index (χ0v) is 16.3. The monoisotopic (exact) mass is 385 g/mol. The fraction of sp³-hybridized carbons (Fsp3) is 0. The molecule has 0 aliphatic carbocycles. The van der Waals surface area contributed by atoms with E-state index in [2.05, 4.69) is 90.2 Å². The van der Waals surface area contributed by atoms with Gasteiger partial charge >= 0.3 is 0 Å². The van der Waals surface area contributed by atoms with Crippen molar-refractivity contribution in [2.24, 2.45) is 0 Å². The summed E-state index contributed by atoms with van der Waals surface area (Å²) in [5.41, 5.74) is 6.26. The Morgan fingerprint density at radius 1 is 0.533 bits per heavy atom. The zero-order chi connectivity index (χ0) is 19.9. The number of nitrogens with one attached hydrogen (secondary N) is 1. The van der Waals surface area contributed by atoms with Gasteiger partial charge in [0, 0.05) is 16.5 Å². The van der Waals surface area contributed by atoms with Gasteiger partial charge in [-0.3, -0.25) is 0 Å². The highest BCUT2D eigenvalue weighted by Gasteiger charge is 2.10. The molecule has 2 nitrogen and oxygen atoms in total. The van der Waals surface area contributed by atoms with Crippen LogP contribution >= 0.6 is 0 Å². The average Bonchev–Trinajstić information content (AvgIpc) is 3.19. The maximum absolute atomic E-state index is 6.16. The smallest absolute Gasteiger partial charge is 0.158 e. The summed E-state index contributed by atoms with van der Waals surface area (Å²) in [6, 6.07) is 38.0. The summed E-state index contributed by atoms with van der Waals surface area (Å²) in [4.78, 5) is 0. The summed E-state index contributed by atoms with van der Waals surface area (Å²) in [6.45, 7) is 0. The van der Waals surface area contributed by atoms with E-state index in [1.54, 1.807) is 0 Å². The molecule has 30 heavy (non-hydrogen) atoms. The van der Waals surface area contributed by atoms with Gasteiger partial charge in [-0.2, -0.15) is 0 Å². The summed E-state index contributed by atoms with van der Waals surface area (Å²) in [7, 11) is 0. The fourth-order valence-electron chi connectivity index (χ4n) is 4.14. The predicted octanol–water partition coefficient (Wildman–Crippen LogP) is 8.15. The van der Waals surface area contributed by atoms with Crippen LogP contribution < -0.4 is 5.32 Å². The fourth-order valence-corrected chi connectivity index (χ4v) is 4.14. The lowest BCUT2D eigenvalue weighted by molar-refractivity contribution is 0.670. The molecule has 0 bridgehead atoms. The van der Waals surface area contributed by atoms with Gasteiger partial charge in [0.05, 0.1) is 5.69 Å². The predicted molar refractivity (Wildman–Crippen MR) is 126 cm³/mol. The quantitative estimate of drug-likeness (QED) is 0.332. The second kappa shape index (κ2) is 6.78. The molecular weight excluding hydrogens is 366 g/mol. The number of benzene rings is 5. The Labute approximate surface area is 174 Å². The molecule has 0 atom stereocenters. The van der Waals surface area contributed by atoms with Crippen LogP contribution in [0.15, 0.2) is 114 Å². The van der Waals surface area contributed by atoms with Gasteiger partial charge in [0.2, 0.25) is 0 Å². The van der Waals surface area contributed by atoms with Crippen LogP contribution in [0, 0.1) is 0 Å². The van der Waals surface area contributed by atoms with Gasteiger partial charge in [0.1, 0.15) is 5.58 Å². The molecule has 0 spiro atoms. The Bertz CT molecular complexity index is 1510. The van der Waals surface area contributed by atoms with Gasteiger partial charge < -0.3 is 9.73 Å². The molecule has 6 aromatic rings. The highest BCUT2D eigenvalue weighted by Crippen LogP contribution is 2.35. The van der Waals surface area contributed by atoms with E-state index >= 15 is 0 Å². The number of furan rings is 1. The summed E-state index contributed by atoms with van der Waals surface area (Å²) in [6.07, 6.45) is 0. The van der Waals surface area contributed by atoms with E-state index in [4.69, 9.17) is 4.42 Å². The van der Waals surface area contributed by atoms with E-state index < -0.39 is 0 Å². The Morgan fingerprint density at radius 3 is 2.27 bits per heavy atom. The Hall–Kier alpha value is -4.04. The maximum Gasteiger partial charge on any atom is 0.158 e. The summed E-state index contributed by atoms with van der Waals surface area (Å²) < 4.78 is 6.16. The number of fused-ring (bicyclic) bond motifs is 4. The summed E-state index contributed by atoms with van der Waals surface area (Å²) in [5, 5.41) is 8.26. The first-order chi connectivity index (χ1) is 14.8. The Balaban J connectivity index is 1.43. The second-order valence-corrected chi connectivity index (χ2v) is 7.55. The molecule has 0 saturated carbocycles. The van der Waals surface area contributed by atoms with E-state index in [0.717, 1.165) is 33.3 Å². The minimum atomic E-state index is 0.886. The largest absolute Gasteiger partial charge is 0.454 e. The number of para-hydroxylation sites is 2. The van der Waals surface area contributed by atoms with Crippen LogP contribution in [0.1, 0.15) is 0 Å². The van der Waals surface area contributed by atoms with Crippen molar-refractivity contribution in [3.05, 3.63) is 109 Å². The number of anilines is 2. The van der Waals surface area contributed by atoms with Gasteiger partial charge in [0.15, 0.2) is 5.58 Å². The van der Waals surface area contributed by atoms with Gasteiger partial charge in [0.25, 0.3) is 0 Å². The molecule has 1 heterocycles. The SMILES string of the molecule is c1ccc(-c2ccc3ccc(Nc4cccc5c4oc4ccccc45)cc3c2)cc1. The van der Waals surface area contributed by atoms with Gasteiger partial charge in [-0.15, -0.1) is 0 Å². The standard InChI is InChI=1S/C28H19NO/c1-2-7-19(8-3-1)21-14-13-20-15-16-23(18-22(20)17-21)29-26-11-6-10-25-24-9-4-5-12-27(24)30-28(25)26/h1-18,29H. The van der Waals surface area contributed by atoms with Crippen molar-refractivity contribution in [3.8, 4) is 11.1 Å².